The number of carbonyl (C=O) groups is 1. The van der Waals surface area contributed by atoms with Crippen LogP contribution in [-0.2, 0) is 17.9 Å². The summed E-state index contributed by atoms with van der Waals surface area (Å²) in [6.45, 7) is 6.21. The third-order valence-corrected chi connectivity index (χ3v) is 4.98. The Hall–Kier alpha value is -3.46. The van der Waals surface area contributed by atoms with Crippen LogP contribution in [0.2, 0.25) is 0 Å². The Kier molecular flexibility index (Phi) is 5.89. The number of aromatic nitrogens is 4. The van der Waals surface area contributed by atoms with Gasteiger partial charge in [0.15, 0.2) is 5.82 Å². The minimum absolute atomic E-state index is 0.0955. The Morgan fingerprint density at radius 2 is 2.13 bits per heavy atom. The maximum atomic E-state index is 11.1. The number of aromatic carboxylic acids is 1. The third kappa shape index (κ3) is 4.74. The maximum absolute atomic E-state index is 11.1. The van der Waals surface area contributed by atoms with E-state index >= 15 is 0 Å². The first kappa shape index (κ1) is 19.8. The number of nitrogens with zero attached hydrogens (tertiary/aromatic N) is 4. The number of carboxylic acids is 1. The number of piperidine rings is 1. The molecule has 3 heterocycles. The molecular weight excluding hydrogens is 386 g/mol. The molecule has 0 spiro atoms. The normalized spacial score (nSPS) is 15.2. The second kappa shape index (κ2) is 8.91. The van der Waals surface area contributed by atoms with Crippen molar-refractivity contribution in [3.63, 3.8) is 0 Å². The van der Waals surface area contributed by atoms with Crippen molar-refractivity contribution in [2.75, 3.05) is 13.1 Å². The van der Waals surface area contributed by atoms with Gasteiger partial charge in [0.1, 0.15) is 18.5 Å². The van der Waals surface area contributed by atoms with E-state index in [0.717, 1.165) is 42.8 Å². The van der Waals surface area contributed by atoms with Crippen molar-refractivity contribution in [2.45, 2.75) is 32.1 Å². The van der Waals surface area contributed by atoms with Gasteiger partial charge in [-0.25, -0.2) is 14.8 Å². The first-order valence-corrected chi connectivity index (χ1v) is 9.76. The van der Waals surface area contributed by atoms with E-state index in [1.54, 1.807) is 30.5 Å². The van der Waals surface area contributed by atoms with Gasteiger partial charge >= 0.3 is 5.97 Å². The van der Waals surface area contributed by atoms with Gasteiger partial charge in [0.25, 0.3) is 0 Å². The summed E-state index contributed by atoms with van der Waals surface area (Å²) in [6, 6.07) is 6.67. The molecule has 1 fully saturated rings. The number of H-pyrrole nitrogens is 1. The summed E-state index contributed by atoms with van der Waals surface area (Å²) >= 11 is 0. The summed E-state index contributed by atoms with van der Waals surface area (Å²) in [5, 5.41) is 9.12. The number of ether oxygens (including phenoxy) is 2. The average molecular weight is 409 g/mol. The van der Waals surface area contributed by atoms with Crippen LogP contribution in [0, 0.1) is 0 Å². The first-order valence-electron chi connectivity index (χ1n) is 9.76. The molecule has 0 atom stereocenters. The molecule has 9 nitrogen and oxygen atoms in total. The minimum atomic E-state index is -0.945. The zero-order valence-electron chi connectivity index (χ0n) is 16.5. The fraction of sp³-hybridized carbons (Fsp3) is 0.333. The van der Waals surface area contributed by atoms with Crippen LogP contribution in [0.15, 0.2) is 43.3 Å². The van der Waals surface area contributed by atoms with Gasteiger partial charge in [0, 0.05) is 25.4 Å². The highest BCUT2D eigenvalue weighted by molar-refractivity contribution is 5.92. The molecule has 156 valence electrons. The quantitative estimate of drug-likeness (QED) is 0.546. The van der Waals surface area contributed by atoms with E-state index in [0.29, 0.717) is 18.2 Å². The second-order valence-corrected chi connectivity index (χ2v) is 7.10. The topological polar surface area (TPSA) is 113 Å². The minimum Gasteiger partial charge on any atom is -0.494 e. The molecule has 0 aliphatic carbocycles. The van der Waals surface area contributed by atoms with Crippen LogP contribution in [0.3, 0.4) is 0 Å². The molecule has 0 unspecified atom stereocenters. The van der Waals surface area contributed by atoms with Gasteiger partial charge in [-0.2, -0.15) is 4.98 Å². The number of rotatable bonds is 8. The number of fused-ring (bicyclic) bond motifs is 1. The number of hydrogen-bond donors (Lipinski definition) is 2. The van der Waals surface area contributed by atoms with Gasteiger partial charge in [-0.05, 0) is 31.0 Å². The van der Waals surface area contributed by atoms with Crippen molar-refractivity contribution in [1.82, 2.24) is 24.8 Å². The van der Waals surface area contributed by atoms with Gasteiger partial charge in [0.05, 0.1) is 29.4 Å². The summed E-state index contributed by atoms with van der Waals surface area (Å²) in [6.07, 6.45) is 4.88. The molecule has 30 heavy (non-hydrogen) atoms. The number of nitrogens with one attached hydrogen (secondary N) is 1. The standard InChI is InChI=1S/C21H23N5O4/c1-2-29-13-19-22-8-5-20(25-19)30-15-6-9-26(10-7-15)12-18-23-16-4-3-14(21(27)28)11-17(16)24-18/h2-5,8,11,15H,1,6-7,9-10,12-13H2,(H,23,24)(H,27,28). The number of carboxylic acid groups (broad SMARTS) is 1. The van der Waals surface area contributed by atoms with Crippen LogP contribution in [0.4, 0.5) is 0 Å². The van der Waals surface area contributed by atoms with E-state index < -0.39 is 5.97 Å². The summed E-state index contributed by atoms with van der Waals surface area (Å²) in [4.78, 5) is 29.7. The molecule has 3 aromatic rings. The fourth-order valence-corrected chi connectivity index (χ4v) is 3.49. The van der Waals surface area contributed by atoms with Crippen LogP contribution in [-0.4, -0.2) is 55.1 Å². The average Bonchev–Trinajstić information content (AvgIpc) is 3.15. The summed E-state index contributed by atoms with van der Waals surface area (Å²) in [7, 11) is 0. The molecule has 1 aliphatic heterocycles. The lowest BCUT2D eigenvalue weighted by molar-refractivity contribution is 0.0697. The molecule has 1 aromatic carbocycles. The number of imidazole rings is 1. The Labute approximate surface area is 173 Å². The summed E-state index contributed by atoms with van der Waals surface area (Å²) in [5.74, 6) is 0.993. The molecule has 0 amide bonds. The van der Waals surface area contributed by atoms with Crippen LogP contribution >= 0.6 is 0 Å². The van der Waals surface area contributed by atoms with E-state index in [2.05, 4.69) is 31.4 Å². The highest BCUT2D eigenvalue weighted by Crippen LogP contribution is 2.20. The molecule has 0 bridgehead atoms. The lowest BCUT2D eigenvalue weighted by atomic mass is 10.1. The van der Waals surface area contributed by atoms with Crippen molar-refractivity contribution in [1.29, 1.82) is 0 Å². The molecular formula is C21H23N5O4. The fourth-order valence-electron chi connectivity index (χ4n) is 3.49. The highest BCUT2D eigenvalue weighted by atomic mass is 16.5. The van der Waals surface area contributed by atoms with Gasteiger partial charge in [-0.15, -0.1) is 0 Å². The number of hydrogen-bond acceptors (Lipinski definition) is 7. The van der Waals surface area contributed by atoms with Gasteiger partial charge in [-0.1, -0.05) is 6.58 Å². The lowest BCUT2D eigenvalue weighted by Crippen LogP contribution is -2.38. The zero-order valence-corrected chi connectivity index (χ0v) is 16.5. The second-order valence-electron chi connectivity index (χ2n) is 7.10. The van der Waals surface area contributed by atoms with E-state index in [9.17, 15) is 4.79 Å². The smallest absolute Gasteiger partial charge is 0.335 e. The molecule has 1 saturated heterocycles. The van der Waals surface area contributed by atoms with E-state index in [-0.39, 0.29) is 18.3 Å². The molecule has 0 saturated carbocycles. The largest absolute Gasteiger partial charge is 0.494 e. The van der Waals surface area contributed by atoms with Crippen molar-refractivity contribution in [2.24, 2.45) is 0 Å². The Morgan fingerprint density at radius 3 is 2.90 bits per heavy atom. The van der Waals surface area contributed by atoms with E-state index in [4.69, 9.17) is 14.6 Å². The lowest BCUT2D eigenvalue weighted by Gasteiger charge is -2.31. The van der Waals surface area contributed by atoms with Crippen LogP contribution < -0.4 is 4.74 Å². The number of benzene rings is 1. The number of likely N-dealkylation sites (tertiary alicyclic amines) is 1. The molecule has 2 N–H and O–H groups in total. The van der Waals surface area contributed by atoms with Crippen LogP contribution in [0.5, 0.6) is 5.88 Å². The molecule has 2 aromatic heterocycles. The third-order valence-electron chi connectivity index (χ3n) is 4.98. The van der Waals surface area contributed by atoms with Gasteiger partial charge in [0.2, 0.25) is 5.88 Å². The summed E-state index contributed by atoms with van der Waals surface area (Å²) in [5.41, 5.74) is 1.76. The number of aromatic amines is 1. The van der Waals surface area contributed by atoms with Crippen LogP contribution in [0.25, 0.3) is 11.0 Å². The van der Waals surface area contributed by atoms with E-state index in [1.807, 2.05) is 0 Å². The molecule has 9 heteroatoms. The Morgan fingerprint density at radius 1 is 1.30 bits per heavy atom. The molecule has 4 rings (SSSR count). The van der Waals surface area contributed by atoms with E-state index in [1.165, 1.54) is 6.26 Å². The van der Waals surface area contributed by atoms with Crippen molar-refractivity contribution in [3.05, 3.63) is 60.5 Å². The van der Waals surface area contributed by atoms with Gasteiger partial charge < -0.3 is 19.6 Å². The van der Waals surface area contributed by atoms with Crippen molar-refractivity contribution >= 4 is 17.0 Å². The molecule has 1 aliphatic rings. The molecule has 0 radical (unpaired) electrons. The van der Waals surface area contributed by atoms with Crippen molar-refractivity contribution in [3.8, 4) is 5.88 Å². The Balaban J connectivity index is 1.31. The zero-order chi connectivity index (χ0) is 20.9. The van der Waals surface area contributed by atoms with Crippen molar-refractivity contribution < 1.29 is 19.4 Å². The van der Waals surface area contributed by atoms with Gasteiger partial charge in [-0.3, -0.25) is 4.90 Å². The maximum Gasteiger partial charge on any atom is 0.335 e. The SMILES string of the molecule is C=COCc1nccc(OC2CCN(Cc3nc4ccc(C(=O)O)cc4[nH]3)CC2)n1. The highest BCUT2D eigenvalue weighted by Gasteiger charge is 2.22. The summed E-state index contributed by atoms with van der Waals surface area (Å²) < 4.78 is 11.1. The van der Waals surface area contributed by atoms with Crippen LogP contribution in [0.1, 0.15) is 34.8 Å². The first-order chi connectivity index (χ1) is 14.6. The monoisotopic (exact) mass is 409 g/mol. The predicted octanol–water partition coefficient (Wildman–Crippen LogP) is 2.75. The predicted molar refractivity (Wildman–Crippen MR) is 109 cm³/mol. The Bertz CT molecular complexity index is 1040.